The lowest BCUT2D eigenvalue weighted by Crippen LogP contribution is -3.03. The van der Waals surface area contributed by atoms with E-state index in [0.717, 1.165) is 22.5 Å². The van der Waals surface area contributed by atoms with E-state index in [9.17, 15) is 5.21 Å². The standard InChI is InChI=1S/C10H14N4O2/c1-13(2)10-11-8-4-3-7(6-14(15)16)5-9(8)12-10/h3-5,14-15H,6H2,1-2H3,(H,11,12). The molecule has 1 heterocycles. The predicted octanol–water partition coefficient (Wildman–Crippen LogP) is -0.0992. The maximum atomic E-state index is 10.6. The largest absolute Gasteiger partial charge is 0.600 e. The van der Waals surface area contributed by atoms with E-state index in [1.165, 1.54) is 0 Å². The number of quaternary nitrogens is 1. The minimum atomic E-state index is -0.827. The molecule has 2 rings (SSSR count). The fourth-order valence-corrected chi connectivity index (χ4v) is 1.54. The number of nitrogens with one attached hydrogen (secondary N) is 2. The molecule has 0 fully saturated rings. The molecule has 2 aromatic rings. The van der Waals surface area contributed by atoms with Crippen molar-refractivity contribution in [2.45, 2.75) is 6.54 Å². The highest BCUT2D eigenvalue weighted by atomic mass is 16.8. The number of hydrogen-bond acceptors (Lipinski definition) is 4. The van der Waals surface area contributed by atoms with Crippen molar-refractivity contribution in [2.75, 3.05) is 19.0 Å². The molecule has 0 aliphatic carbocycles. The minimum Gasteiger partial charge on any atom is -0.600 e. The first-order chi connectivity index (χ1) is 7.56. The van der Waals surface area contributed by atoms with E-state index in [-0.39, 0.29) is 6.54 Å². The Balaban J connectivity index is 2.38. The van der Waals surface area contributed by atoms with E-state index < -0.39 is 5.23 Å². The first-order valence-electron chi connectivity index (χ1n) is 4.94. The molecule has 1 unspecified atom stereocenters. The van der Waals surface area contributed by atoms with Gasteiger partial charge in [-0.05, 0) is 12.1 Å². The molecule has 0 amide bonds. The molecule has 1 aromatic heterocycles. The van der Waals surface area contributed by atoms with Gasteiger partial charge in [0, 0.05) is 19.7 Å². The molecule has 0 aliphatic rings. The van der Waals surface area contributed by atoms with Crippen LogP contribution < -0.4 is 10.1 Å². The number of H-pyrrole nitrogens is 1. The van der Waals surface area contributed by atoms with Crippen LogP contribution in [-0.4, -0.2) is 29.3 Å². The number of aromatic amines is 1. The molecule has 16 heavy (non-hydrogen) atoms. The second kappa shape index (κ2) is 4.09. The summed E-state index contributed by atoms with van der Waals surface area (Å²) in [6.07, 6.45) is 0. The fourth-order valence-electron chi connectivity index (χ4n) is 1.54. The van der Waals surface area contributed by atoms with Crippen LogP contribution in [0.5, 0.6) is 0 Å². The average molecular weight is 222 g/mol. The quantitative estimate of drug-likeness (QED) is 0.634. The molecule has 1 aromatic carbocycles. The summed E-state index contributed by atoms with van der Waals surface area (Å²) in [6, 6.07) is 5.44. The monoisotopic (exact) mass is 222 g/mol. The minimum absolute atomic E-state index is 0.0340. The average Bonchev–Trinajstić information content (AvgIpc) is 2.59. The Labute approximate surface area is 92.7 Å². The first kappa shape index (κ1) is 10.9. The summed E-state index contributed by atoms with van der Waals surface area (Å²) in [7, 11) is 3.80. The van der Waals surface area contributed by atoms with Crippen molar-refractivity contribution in [3.63, 3.8) is 0 Å². The second-order valence-corrected chi connectivity index (χ2v) is 3.88. The molecule has 0 radical (unpaired) electrons. The van der Waals surface area contributed by atoms with Gasteiger partial charge in [0.1, 0.15) is 6.54 Å². The van der Waals surface area contributed by atoms with Crippen LogP contribution >= 0.6 is 0 Å². The maximum absolute atomic E-state index is 10.6. The fraction of sp³-hybridized carbons (Fsp3) is 0.300. The smallest absolute Gasteiger partial charge is 0.203 e. The second-order valence-electron chi connectivity index (χ2n) is 3.88. The van der Waals surface area contributed by atoms with Crippen molar-refractivity contribution < 1.29 is 10.4 Å². The Morgan fingerprint density at radius 1 is 1.50 bits per heavy atom. The number of nitrogens with zero attached hydrogens (tertiary/aromatic N) is 2. The SMILES string of the molecule is CN(C)c1nc2ccc(C[NH+]([O-])O)cc2[nH]1. The van der Waals surface area contributed by atoms with E-state index in [2.05, 4.69) is 9.97 Å². The van der Waals surface area contributed by atoms with Gasteiger partial charge < -0.3 is 15.1 Å². The van der Waals surface area contributed by atoms with Gasteiger partial charge in [0.15, 0.2) is 0 Å². The Bertz CT molecular complexity index is 493. The molecular formula is C10H14N4O2. The van der Waals surface area contributed by atoms with Gasteiger partial charge in [-0.1, -0.05) is 6.07 Å². The van der Waals surface area contributed by atoms with Crippen LogP contribution in [0.1, 0.15) is 5.56 Å². The van der Waals surface area contributed by atoms with E-state index >= 15 is 0 Å². The van der Waals surface area contributed by atoms with Gasteiger partial charge >= 0.3 is 0 Å². The summed E-state index contributed by atoms with van der Waals surface area (Å²) < 4.78 is 0. The van der Waals surface area contributed by atoms with Crippen LogP contribution in [0.15, 0.2) is 18.2 Å². The van der Waals surface area contributed by atoms with E-state index in [1.807, 2.05) is 31.1 Å². The van der Waals surface area contributed by atoms with Crippen LogP contribution in [-0.2, 0) is 6.54 Å². The van der Waals surface area contributed by atoms with Gasteiger partial charge in [0.25, 0.3) is 0 Å². The lowest BCUT2D eigenvalue weighted by atomic mass is 10.2. The number of imidazole rings is 1. The number of hydroxylamine groups is 2. The van der Waals surface area contributed by atoms with Crippen LogP contribution in [0, 0.1) is 5.21 Å². The van der Waals surface area contributed by atoms with Gasteiger partial charge in [0.2, 0.25) is 5.95 Å². The van der Waals surface area contributed by atoms with Crippen LogP contribution in [0.2, 0.25) is 0 Å². The van der Waals surface area contributed by atoms with Crippen LogP contribution in [0.3, 0.4) is 0 Å². The van der Waals surface area contributed by atoms with Crippen molar-refractivity contribution in [3.05, 3.63) is 29.0 Å². The molecule has 3 N–H and O–H groups in total. The molecule has 6 heteroatoms. The summed E-state index contributed by atoms with van der Waals surface area (Å²) in [5.41, 5.74) is 2.48. The highest BCUT2D eigenvalue weighted by Gasteiger charge is 2.06. The summed E-state index contributed by atoms with van der Waals surface area (Å²) in [5, 5.41) is 18.5. The third-order valence-electron chi connectivity index (χ3n) is 2.31. The summed E-state index contributed by atoms with van der Waals surface area (Å²) in [5.74, 6) is 0.766. The van der Waals surface area contributed by atoms with Crippen LogP contribution in [0.4, 0.5) is 5.95 Å². The summed E-state index contributed by atoms with van der Waals surface area (Å²) in [4.78, 5) is 9.36. The highest BCUT2D eigenvalue weighted by Crippen LogP contribution is 2.16. The summed E-state index contributed by atoms with van der Waals surface area (Å²) >= 11 is 0. The Morgan fingerprint density at radius 2 is 2.25 bits per heavy atom. The zero-order chi connectivity index (χ0) is 11.7. The first-order valence-corrected chi connectivity index (χ1v) is 4.94. The predicted molar refractivity (Wildman–Crippen MR) is 60.2 cm³/mol. The molecule has 0 saturated heterocycles. The van der Waals surface area contributed by atoms with Crippen molar-refractivity contribution >= 4 is 17.0 Å². The maximum Gasteiger partial charge on any atom is 0.203 e. The Hall–Kier alpha value is -1.63. The van der Waals surface area contributed by atoms with Gasteiger partial charge in [0.05, 0.1) is 11.0 Å². The van der Waals surface area contributed by atoms with Gasteiger partial charge in [-0.25, -0.2) is 15.4 Å². The van der Waals surface area contributed by atoms with E-state index in [0.29, 0.717) is 0 Å². The van der Waals surface area contributed by atoms with Gasteiger partial charge in [-0.2, -0.15) is 0 Å². The lowest BCUT2D eigenvalue weighted by molar-refractivity contribution is -1.06. The Kier molecular flexibility index (Phi) is 2.78. The molecule has 86 valence electrons. The molecule has 0 saturated carbocycles. The number of fused-ring (bicyclic) bond motifs is 1. The molecular weight excluding hydrogens is 208 g/mol. The van der Waals surface area contributed by atoms with Gasteiger partial charge in [-0.3, -0.25) is 0 Å². The lowest BCUT2D eigenvalue weighted by Gasteiger charge is -2.11. The highest BCUT2D eigenvalue weighted by molar-refractivity contribution is 5.78. The number of hydrogen-bond donors (Lipinski definition) is 3. The number of aromatic nitrogens is 2. The third kappa shape index (κ3) is 2.13. The number of benzene rings is 1. The zero-order valence-electron chi connectivity index (χ0n) is 9.19. The normalized spacial score (nSPS) is 13.0. The number of anilines is 1. The van der Waals surface area contributed by atoms with E-state index in [1.54, 1.807) is 6.07 Å². The third-order valence-corrected chi connectivity index (χ3v) is 2.31. The zero-order valence-corrected chi connectivity index (χ0v) is 9.19. The molecule has 0 bridgehead atoms. The topological polar surface area (TPSA) is 79.7 Å². The van der Waals surface area contributed by atoms with Crippen molar-refractivity contribution in [1.82, 2.24) is 9.97 Å². The van der Waals surface area contributed by atoms with Gasteiger partial charge in [-0.15, -0.1) is 0 Å². The van der Waals surface area contributed by atoms with Crippen molar-refractivity contribution in [3.8, 4) is 0 Å². The van der Waals surface area contributed by atoms with Crippen molar-refractivity contribution in [1.29, 1.82) is 0 Å². The molecule has 6 nitrogen and oxygen atoms in total. The summed E-state index contributed by atoms with van der Waals surface area (Å²) in [6.45, 7) is 0.0340. The van der Waals surface area contributed by atoms with Crippen molar-refractivity contribution in [2.24, 2.45) is 0 Å². The number of rotatable bonds is 3. The van der Waals surface area contributed by atoms with Crippen LogP contribution in [0.25, 0.3) is 11.0 Å². The van der Waals surface area contributed by atoms with E-state index in [4.69, 9.17) is 5.21 Å². The Morgan fingerprint density at radius 3 is 2.88 bits per heavy atom. The molecule has 0 spiro atoms. The molecule has 1 atom stereocenters. The molecule has 0 aliphatic heterocycles.